The van der Waals surface area contributed by atoms with Gasteiger partial charge in [0.05, 0.1) is 10.6 Å². The summed E-state index contributed by atoms with van der Waals surface area (Å²) in [7, 11) is 0. The molecular weight excluding hydrogens is 374 g/mol. The standard InChI is InChI=1S/C21H21N3O3S/c1-21(2,3)18-17(13-14-7-5-4-6-8-14)28-20(22-18)23-19(25)15-9-11-16(12-10-15)24(26)27/h4-12H,13H2,1-3H3,(H,22,23,25). The highest BCUT2D eigenvalue weighted by Crippen LogP contribution is 2.34. The molecule has 0 spiro atoms. The zero-order chi connectivity index (χ0) is 20.3. The van der Waals surface area contributed by atoms with E-state index in [0.717, 1.165) is 17.0 Å². The molecule has 144 valence electrons. The number of carbonyl (C=O) groups is 1. The van der Waals surface area contributed by atoms with Crippen molar-refractivity contribution in [2.45, 2.75) is 32.6 Å². The second-order valence-corrected chi connectivity index (χ2v) is 8.54. The van der Waals surface area contributed by atoms with Crippen LogP contribution in [0.4, 0.5) is 10.8 Å². The Labute approximate surface area is 167 Å². The van der Waals surface area contributed by atoms with Crippen molar-refractivity contribution < 1.29 is 9.72 Å². The third-order valence-electron chi connectivity index (χ3n) is 4.18. The summed E-state index contributed by atoms with van der Waals surface area (Å²) in [6.45, 7) is 6.29. The van der Waals surface area contributed by atoms with Gasteiger partial charge in [-0.05, 0) is 17.7 Å². The summed E-state index contributed by atoms with van der Waals surface area (Å²) in [5.41, 5.74) is 2.29. The fourth-order valence-electron chi connectivity index (χ4n) is 2.80. The first-order chi connectivity index (χ1) is 13.2. The highest BCUT2D eigenvalue weighted by Gasteiger charge is 2.24. The predicted octanol–water partition coefficient (Wildman–Crippen LogP) is 5.19. The van der Waals surface area contributed by atoms with Gasteiger partial charge in [-0.3, -0.25) is 20.2 Å². The van der Waals surface area contributed by atoms with Gasteiger partial charge in [-0.2, -0.15) is 0 Å². The van der Waals surface area contributed by atoms with Gasteiger partial charge in [0.1, 0.15) is 0 Å². The Morgan fingerprint density at radius 1 is 1.11 bits per heavy atom. The molecule has 0 atom stereocenters. The molecule has 0 saturated carbocycles. The van der Waals surface area contributed by atoms with Crippen LogP contribution in [0.2, 0.25) is 0 Å². The molecule has 1 heterocycles. The van der Waals surface area contributed by atoms with Crippen LogP contribution in [0, 0.1) is 10.1 Å². The van der Waals surface area contributed by atoms with Gasteiger partial charge in [-0.1, -0.05) is 51.1 Å². The lowest BCUT2D eigenvalue weighted by molar-refractivity contribution is -0.384. The van der Waals surface area contributed by atoms with Crippen molar-refractivity contribution in [3.8, 4) is 0 Å². The molecule has 6 nitrogen and oxygen atoms in total. The van der Waals surface area contributed by atoms with E-state index < -0.39 is 4.92 Å². The Bertz CT molecular complexity index is 990. The SMILES string of the molecule is CC(C)(C)c1nc(NC(=O)c2ccc([N+](=O)[O-])cc2)sc1Cc1ccccc1. The Balaban J connectivity index is 1.83. The van der Waals surface area contributed by atoms with Gasteiger partial charge in [0, 0.05) is 34.4 Å². The third-order valence-corrected chi connectivity index (χ3v) is 5.15. The smallest absolute Gasteiger partial charge is 0.269 e. The minimum atomic E-state index is -0.492. The minimum Gasteiger partial charge on any atom is -0.298 e. The fourth-order valence-corrected chi connectivity index (χ4v) is 4.00. The van der Waals surface area contributed by atoms with Gasteiger partial charge in [-0.25, -0.2) is 4.98 Å². The van der Waals surface area contributed by atoms with Gasteiger partial charge >= 0.3 is 0 Å². The number of amides is 1. The van der Waals surface area contributed by atoms with Crippen molar-refractivity contribution in [1.82, 2.24) is 4.98 Å². The molecule has 0 aliphatic rings. The number of rotatable bonds is 5. The maximum absolute atomic E-state index is 12.5. The molecule has 0 fully saturated rings. The van der Waals surface area contributed by atoms with Crippen LogP contribution in [-0.4, -0.2) is 15.8 Å². The predicted molar refractivity (Wildman–Crippen MR) is 111 cm³/mol. The Morgan fingerprint density at radius 3 is 2.32 bits per heavy atom. The first-order valence-corrected chi connectivity index (χ1v) is 9.65. The average molecular weight is 395 g/mol. The normalized spacial score (nSPS) is 11.2. The number of aromatic nitrogens is 1. The van der Waals surface area contributed by atoms with Crippen LogP contribution in [0.5, 0.6) is 0 Å². The molecule has 0 unspecified atom stereocenters. The Hall–Kier alpha value is -3.06. The van der Waals surface area contributed by atoms with E-state index in [4.69, 9.17) is 0 Å². The van der Waals surface area contributed by atoms with Gasteiger partial charge in [0.2, 0.25) is 0 Å². The summed E-state index contributed by atoms with van der Waals surface area (Å²) in [6, 6.07) is 15.7. The highest BCUT2D eigenvalue weighted by molar-refractivity contribution is 7.16. The summed E-state index contributed by atoms with van der Waals surface area (Å²) >= 11 is 1.46. The lowest BCUT2D eigenvalue weighted by atomic mass is 9.90. The number of carbonyl (C=O) groups excluding carboxylic acids is 1. The lowest BCUT2D eigenvalue weighted by Gasteiger charge is -2.17. The van der Waals surface area contributed by atoms with E-state index in [0.29, 0.717) is 10.7 Å². The molecule has 28 heavy (non-hydrogen) atoms. The number of nitrogens with zero attached hydrogens (tertiary/aromatic N) is 2. The molecule has 0 aliphatic carbocycles. The summed E-state index contributed by atoms with van der Waals surface area (Å²) < 4.78 is 0. The first-order valence-electron chi connectivity index (χ1n) is 8.84. The maximum atomic E-state index is 12.5. The number of benzene rings is 2. The third kappa shape index (κ3) is 4.61. The van der Waals surface area contributed by atoms with E-state index >= 15 is 0 Å². The molecule has 0 saturated heterocycles. The van der Waals surface area contributed by atoms with Crippen molar-refractivity contribution in [2.24, 2.45) is 0 Å². The van der Waals surface area contributed by atoms with Crippen LogP contribution in [0.25, 0.3) is 0 Å². The van der Waals surface area contributed by atoms with Crippen LogP contribution in [0.15, 0.2) is 54.6 Å². The molecule has 1 N–H and O–H groups in total. The average Bonchev–Trinajstić information content (AvgIpc) is 3.05. The molecule has 7 heteroatoms. The second kappa shape index (κ2) is 7.90. The van der Waals surface area contributed by atoms with E-state index in [1.165, 1.54) is 41.2 Å². The quantitative estimate of drug-likeness (QED) is 0.476. The number of hydrogen-bond acceptors (Lipinski definition) is 5. The summed E-state index contributed by atoms with van der Waals surface area (Å²) in [6.07, 6.45) is 0.749. The van der Waals surface area contributed by atoms with E-state index in [1.54, 1.807) is 0 Å². The number of hydrogen-bond donors (Lipinski definition) is 1. The maximum Gasteiger partial charge on any atom is 0.269 e. The zero-order valence-corrected chi connectivity index (χ0v) is 16.7. The monoisotopic (exact) mass is 395 g/mol. The zero-order valence-electron chi connectivity index (χ0n) is 15.9. The van der Waals surface area contributed by atoms with Crippen molar-refractivity contribution in [3.63, 3.8) is 0 Å². The van der Waals surface area contributed by atoms with Crippen LogP contribution < -0.4 is 5.32 Å². The Morgan fingerprint density at radius 2 is 1.75 bits per heavy atom. The van der Waals surface area contributed by atoms with Crippen molar-refractivity contribution in [1.29, 1.82) is 0 Å². The topological polar surface area (TPSA) is 85.1 Å². The van der Waals surface area contributed by atoms with Crippen LogP contribution in [-0.2, 0) is 11.8 Å². The van der Waals surface area contributed by atoms with Crippen LogP contribution in [0.1, 0.15) is 47.3 Å². The number of nitro benzene ring substituents is 1. The number of thiazole rings is 1. The minimum absolute atomic E-state index is 0.0500. The summed E-state index contributed by atoms with van der Waals surface area (Å²) in [5, 5.41) is 14.1. The van der Waals surface area contributed by atoms with Crippen LogP contribution >= 0.6 is 11.3 Å². The Kier molecular flexibility index (Phi) is 5.56. The number of anilines is 1. The lowest BCUT2D eigenvalue weighted by Crippen LogP contribution is -2.15. The molecule has 3 rings (SSSR count). The molecule has 1 aromatic heterocycles. The molecular formula is C21H21N3O3S. The molecule has 2 aromatic carbocycles. The van der Waals surface area contributed by atoms with Crippen LogP contribution in [0.3, 0.4) is 0 Å². The van der Waals surface area contributed by atoms with E-state index in [-0.39, 0.29) is 17.0 Å². The van der Waals surface area contributed by atoms with Crippen molar-refractivity contribution in [2.75, 3.05) is 5.32 Å². The van der Waals surface area contributed by atoms with Gasteiger partial charge < -0.3 is 0 Å². The van der Waals surface area contributed by atoms with Gasteiger partial charge in [-0.15, -0.1) is 11.3 Å². The first kappa shape index (κ1) is 19.7. The molecule has 0 bridgehead atoms. The van der Waals surface area contributed by atoms with Crippen molar-refractivity contribution >= 4 is 28.1 Å². The second-order valence-electron chi connectivity index (χ2n) is 7.46. The van der Waals surface area contributed by atoms with E-state index in [2.05, 4.69) is 43.2 Å². The number of nitrogens with one attached hydrogen (secondary N) is 1. The van der Waals surface area contributed by atoms with Crippen molar-refractivity contribution in [3.05, 3.63) is 86.4 Å². The molecule has 1 amide bonds. The summed E-state index contributed by atoms with van der Waals surface area (Å²) in [5.74, 6) is -0.338. The largest absolute Gasteiger partial charge is 0.298 e. The molecule has 0 aliphatic heterocycles. The number of nitro groups is 1. The van der Waals surface area contributed by atoms with Gasteiger partial charge in [0.15, 0.2) is 5.13 Å². The highest BCUT2D eigenvalue weighted by atomic mass is 32.1. The molecule has 0 radical (unpaired) electrons. The number of non-ortho nitro benzene ring substituents is 1. The fraction of sp³-hybridized carbons (Fsp3) is 0.238. The van der Waals surface area contributed by atoms with E-state index in [9.17, 15) is 14.9 Å². The van der Waals surface area contributed by atoms with Gasteiger partial charge in [0.25, 0.3) is 11.6 Å². The summed E-state index contributed by atoms with van der Waals surface area (Å²) in [4.78, 5) is 28.5. The van der Waals surface area contributed by atoms with E-state index in [1.807, 2.05) is 18.2 Å². The molecule has 3 aromatic rings.